The Morgan fingerprint density at radius 1 is 0.387 bits per heavy atom. The second-order valence-electron chi connectivity index (χ2n) is 32.7. The maximum atomic E-state index is 12.8. The first kappa shape index (κ1) is 83.9. The van der Waals surface area contributed by atoms with Gasteiger partial charge in [-0.25, -0.2) is 0 Å². The molecule has 37 nitrogen and oxygen atoms in total. The van der Waals surface area contributed by atoms with Crippen molar-refractivity contribution in [1.82, 2.24) is 0 Å². The number of hydrogen-bond donors (Lipinski definition) is 22. The van der Waals surface area contributed by atoms with Crippen LogP contribution in [0.25, 0.3) is 0 Å². The summed E-state index contributed by atoms with van der Waals surface area (Å²) in [6.45, 7) is 7.07. The fourth-order valence-electron chi connectivity index (χ4n) is 20.0. The molecule has 12 fully saturated rings. The lowest BCUT2D eigenvalue weighted by Crippen LogP contribution is -2.69. The highest BCUT2D eigenvalue weighted by Crippen LogP contribution is 2.71. The van der Waals surface area contributed by atoms with Crippen LogP contribution in [0.15, 0.2) is 0 Å². The van der Waals surface area contributed by atoms with Gasteiger partial charge >= 0.3 is 0 Å². The molecular weight excluding hydrogens is 1420 g/mol. The monoisotopic (exact) mass is 1540 g/mol. The van der Waals surface area contributed by atoms with Gasteiger partial charge in [0.25, 0.3) is 0 Å². The van der Waals surface area contributed by atoms with Gasteiger partial charge in [-0.1, -0.05) is 27.7 Å². The number of aliphatic hydroxyl groups is 22. The average molecular weight is 1540 g/mol. The van der Waals surface area contributed by atoms with Crippen molar-refractivity contribution in [3.05, 3.63) is 0 Å². The molecule has 8 aliphatic heterocycles. The molecule has 0 unspecified atom stereocenters. The molecule has 614 valence electrons. The fourth-order valence-corrected chi connectivity index (χ4v) is 20.0. The van der Waals surface area contributed by atoms with E-state index in [-0.39, 0.29) is 47.2 Å². The molecule has 47 atom stereocenters. The minimum Gasteiger partial charge on any atom is -0.394 e. The lowest BCUT2D eigenvalue weighted by atomic mass is 9.44. The third-order valence-electron chi connectivity index (χ3n) is 26.4. The van der Waals surface area contributed by atoms with Gasteiger partial charge in [0, 0.05) is 12.3 Å². The van der Waals surface area contributed by atoms with E-state index in [0.29, 0.717) is 49.9 Å². The third kappa shape index (κ3) is 15.7. The number of hydrogen-bond acceptors (Lipinski definition) is 37. The van der Waals surface area contributed by atoms with Crippen LogP contribution in [0.1, 0.15) is 106 Å². The van der Waals surface area contributed by atoms with E-state index in [1.165, 1.54) is 13.8 Å². The average Bonchev–Trinajstić information content (AvgIpc) is 1.51. The van der Waals surface area contributed by atoms with Crippen LogP contribution in [0.2, 0.25) is 0 Å². The molecule has 0 aromatic heterocycles. The number of rotatable bonds is 23. The number of aliphatic hydroxyl groups excluding tert-OH is 21. The maximum absolute atomic E-state index is 12.8. The summed E-state index contributed by atoms with van der Waals surface area (Å²) in [5.41, 5.74) is -0.336. The van der Waals surface area contributed by atoms with E-state index in [1.54, 1.807) is 0 Å². The molecule has 8 saturated heterocycles. The van der Waals surface area contributed by atoms with E-state index in [2.05, 4.69) is 20.8 Å². The zero-order valence-electron chi connectivity index (χ0n) is 60.2. The van der Waals surface area contributed by atoms with Crippen molar-refractivity contribution in [3.8, 4) is 0 Å². The first-order valence-electron chi connectivity index (χ1n) is 37.6. The first-order valence-corrected chi connectivity index (χ1v) is 37.6. The van der Waals surface area contributed by atoms with Crippen LogP contribution in [-0.2, 0) is 71.1 Å². The Kier molecular flexibility index (Phi) is 26.7. The lowest BCUT2D eigenvalue weighted by Gasteiger charge is -2.61. The van der Waals surface area contributed by atoms with E-state index in [0.717, 1.165) is 32.1 Å². The van der Waals surface area contributed by atoms with Crippen LogP contribution in [0.4, 0.5) is 0 Å². The Hall–Kier alpha value is -1.48. The van der Waals surface area contributed by atoms with Crippen LogP contribution in [-0.4, -0.2) is 385 Å². The second kappa shape index (κ2) is 33.8. The van der Waals surface area contributed by atoms with Gasteiger partial charge in [-0.05, 0) is 118 Å². The van der Waals surface area contributed by atoms with Crippen LogP contribution in [0.3, 0.4) is 0 Å². The molecule has 0 bridgehead atoms. The van der Waals surface area contributed by atoms with Crippen molar-refractivity contribution >= 4 is 0 Å². The van der Waals surface area contributed by atoms with Crippen LogP contribution in [0, 0.1) is 52.3 Å². The molecule has 12 aliphatic rings. The molecule has 0 aromatic carbocycles. The highest BCUT2D eigenvalue weighted by molar-refractivity contribution is 5.15. The Morgan fingerprint density at radius 3 is 1.38 bits per heavy atom. The van der Waals surface area contributed by atoms with Crippen molar-refractivity contribution in [3.63, 3.8) is 0 Å². The van der Waals surface area contributed by atoms with Crippen molar-refractivity contribution in [2.24, 2.45) is 52.3 Å². The molecule has 4 saturated carbocycles. The number of fused-ring (bicyclic) bond motifs is 7. The van der Waals surface area contributed by atoms with E-state index in [9.17, 15) is 112 Å². The smallest absolute Gasteiger partial charge is 0.187 e. The summed E-state index contributed by atoms with van der Waals surface area (Å²) in [7, 11) is 0. The molecule has 0 aromatic rings. The van der Waals surface area contributed by atoms with Gasteiger partial charge in [0.15, 0.2) is 49.8 Å². The van der Waals surface area contributed by atoms with Gasteiger partial charge in [-0.15, -0.1) is 0 Å². The Balaban J connectivity index is 0.759. The third-order valence-corrected chi connectivity index (χ3v) is 26.4. The zero-order valence-corrected chi connectivity index (χ0v) is 60.2. The van der Waals surface area contributed by atoms with Crippen molar-refractivity contribution < 1.29 is 183 Å². The van der Waals surface area contributed by atoms with Crippen molar-refractivity contribution in [1.29, 1.82) is 0 Å². The maximum Gasteiger partial charge on any atom is 0.187 e. The Bertz CT molecular complexity index is 2810. The van der Waals surface area contributed by atoms with Gasteiger partial charge in [0.2, 0.25) is 0 Å². The summed E-state index contributed by atoms with van der Waals surface area (Å²) in [6.07, 6.45) is -56.4. The molecule has 0 amide bonds. The highest BCUT2D eigenvalue weighted by atomic mass is 16.8. The molecule has 37 heteroatoms. The summed E-state index contributed by atoms with van der Waals surface area (Å²) in [6, 6.07) is 0. The summed E-state index contributed by atoms with van der Waals surface area (Å²) < 4.78 is 91.6. The van der Waals surface area contributed by atoms with Gasteiger partial charge in [0.1, 0.15) is 159 Å². The topological polar surface area (TPSA) is 584 Å². The molecular formula is C69H116O37. The van der Waals surface area contributed by atoms with Crippen LogP contribution < -0.4 is 0 Å². The summed E-state index contributed by atoms with van der Waals surface area (Å²) in [5, 5.41) is 242. The minimum atomic E-state index is -2.28. The molecule has 4 aliphatic carbocycles. The molecule has 12 rings (SSSR count). The van der Waals surface area contributed by atoms with Crippen molar-refractivity contribution in [2.75, 3.05) is 39.6 Å². The second-order valence-corrected chi connectivity index (χ2v) is 32.7. The molecule has 106 heavy (non-hydrogen) atoms. The molecule has 0 spiro atoms. The summed E-state index contributed by atoms with van der Waals surface area (Å²) in [5.74, 6) is -0.691. The Labute approximate surface area is 612 Å². The molecule has 8 heterocycles. The molecule has 22 N–H and O–H groups in total. The van der Waals surface area contributed by atoms with Crippen LogP contribution >= 0.6 is 0 Å². The predicted octanol–water partition coefficient (Wildman–Crippen LogP) is -8.43. The van der Waals surface area contributed by atoms with Gasteiger partial charge < -0.3 is 183 Å². The number of ether oxygens (including phenoxy) is 15. The van der Waals surface area contributed by atoms with Gasteiger partial charge in [-0.3, -0.25) is 0 Å². The van der Waals surface area contributed by atoms with Crippen molar-refractivity contribution in [2.45, 2.75) is 339 Å². The van der Waals surface area contributed by atoms with Crippen LogP contribution in [0.5, 0.6) is 0 Å². The SMILES string of the molecule is C[C@@H](CC[C@@]1(O)O[C@H]2C[C@H]3[C@@H]4CC[C@H]5C[C@@H](O[C@@H]6O[C@H](CO)[C@@H](O[C@H]7O[C@@H](C)[C@H](O)[C@@H](O)[C@H]7O)[C@H](O)[C@H]6O[C@@H]6O[C@H](CO)[C@@H](O[C@H]7O[C@@H](C)[C@H](O)[C@@H](O)[C@H]7O)[C@H](O[C@@H]7O[C@H](CO)[C@@H](O[C@@H]8O[C@H](CO)[C@H](O)[C@H](O)[C@H]8O)[C@H](O)[C@H]7O)[C@H]6O)CC[C@]5(C)[C@H]4CC[C@]3(C)[C@H]2[C@@H]1C)CO[C@@H]1O[C@H](CO)[C@@H](O)[C@H](O)[C@H]1O. The fraction of sp³-hybridized carbons (Fsp3) is 1.00. The lowest BCUT2D eigenvalue weighted by molar-refractivity contribution is -0.412. The minimum absolute atomic E-state index is 0.0676. The quantitative estimate of drug-likeness (QED) is 0.0423. The predicted molar refractivity (Wildman–Crippen MR) is 347 cm³/mol. The summed E-state index contributed by atoms with van der Waals surface area (Å²) in [4.78, 5) is 0. The molecule has 0 radical (unpaired) electrons. The normalized spacial score (nSPS) is 55.9. The van der Waals surface area contributed by atoms with E-state index in [1.807, 2.05) is 6.92 Å². The van der Waals surface area contributed by atoms with E-state index >= 15 is 0 Å². The standard InChI is InChI=1S/C69H116O37/c1-23(22-92-60-48(84)45(81)41(77)33(17-70)96-60)9-14-69(91)24(2)38-32(106-69)16-31-29-8-7-27-15-28(10-12-67(27,5)30(29)11-13-68(31,38)6)95-66-59(53(89)56(36(20-73)100-66)102-61-49(85)43(79)39(75)25(3)93-61)105-65-54(90)58(57(37(21-74)99-65)103-62-50(86)44(80)40(76)26(4)94-62)104-64-52(88)47(83)55(35(19-72)98-64)101-63-51(87)46(82)42(78)34(18-71)97-63/h23-66,70-91H,7-22H2,1-6H3/t23-,24-,25-,26-,27-,28-,29+,30-,31-,32-,33+,34+,35+,36+,37+,38-,39-,40-,41+,42-,43+,44+,45-,46-,47+,48+,49+,50+,51+,52+,53-,54+,55+,56+,57+,58+,59+,60+,61+,62+,63-,64-,65-,66+,67-,68-,69+/m0/s1. The van der Waals surface area contributed by atoms with E-state index in [4.69, 9.17) is 71.1 Å². The summed E-state index contributed by atoms with van der Waals surface area (Å²) >= 11 is 0. The first-order chi connectivity index (χ1) is 50.2. The van der Waals surface area contributed by atoms with E-state index < -0.39 is 260 Å². The highest BCUT2D eigenvalue weighted by Gasteiger charge is 2.69. The zero-order chi connectivity index (χ0) is 76.8. The Morgan fingerprint density at radius 2 is 0.821 bits per heavy atom. The largest absolute Gasteiger partial charge is 0.394 e. The van der Waals surface area contributed by atoms with Gasteiger partial charge in [0.05, 0.1) is 64.1 Å². The van der Waals surface area contributed by atoms with Gasteiger partial charge in [-0.2, -0.15) is 0 Å².